The molecule has 0 aliphatic heterocycles. The minimum Gasteiger partial charge on any atom is -0.495 e. The molecule has 0 unspecified atom stereocenters. The molecule has 0 saturated heterocycles. The fourth-order valence-corrected chi connectivity index (χ4v) is 4.43. The second-order valence-corrected chi connectivity index (χ2v) is 10.8. The number of ether oxygens (including phenoxy) is 1. The van der Waals surface area contributed by atoms with E-state index in [0.29, 0.717) is 21.4 Å². The smallest absolute Gasteiger partial charge is 0.244 e. The summed E-state index contributed by atoms with van der Waals surface area (Å²) in [6.45, 7) is 4.69. The highest BCUT2D eigenvalue weighted by molar-refractivity contribution is 7.92. The number of sulfonamides is 1. The number of amides is 2. The first-order valence-electron chi connectivity index (χ1n) is 10.5. The topological polar surface area (TPSA) is 96.0 Å². The number of nitrogens with one attached hydrogen (secondary N) is 1. The Labute approximate surface area is 210 Å². The van der Waals surface area contributed by atoms with E-state index in [4.69, 9.17) is 27.9 Å². The van der Waals surface area contributed by atoms with Crippen LogP contribution in [-0.4, -0.2) is 57.1 Å². The lowest BCUT2D eigenvalue weighted by Gasteiger charge is -2.32. The van der Waals surface area contributed by atoms with Gasteiger partial charge in [-0.25, -0.2) is 8.42 Å². The third kappa shape index (κ3) is 7.25. The Morgan fingerprint density at radius 2 is 1.71 bits per heavy atom. The summed E-state index contributed by atoms with van der Waals surface area (Å²) in [6.07, 6.45) is 1.00. The van der Waals surface area contributed by atoms with E-state index in [1.807, 2.05) is 13.8 Å². The molecule has 0 radical (unpaired) electrons. The number of anilines is 1. The lowest BCUT2D eigenvalue weighted by atomic mass is 10.1. The molecule has 1 atom stereocenters. The second kappa shape index (κ2) is 11.8. The standard InChI is InChI=1S/C23H29Cl2N3O5S/c1-15(2)26-23(30)16(3)27(13-17-10-11-18(24)19(25)12-17)22(29)14-28(34(5,31)32)20-8-6-7-9-21(20)33-4/h6-12,15-16H,13-14H2,1-5H3,(H,26,30)/t16-/m0/s1. The van der Waals surface area contributed by atoms with Crippen LogP contribution in [0.15, 0.2) is 42.5 Å². The molecular weight excluding hydrogens is 501 g/mol. The van der Waals surface area contributed by atoms with Crippen LogP contribution in [-0.2, 0) is 26.2 Å². The lowest BCUT2D eigenvalue weighted by molar-refractivity contribution is -0.139. The van der Waals surface area contributed by atoms with Crippen molar-refractivity contribution in [1.82, 2.24) is 10.2 Å². The highest BCUT2D eigenvalue weighted by Gasteiger charge is 2.31. The number of methoxy groups -OCH3 is 1. The molecule has 2 aromatic carbocycles. The van der Waals surface area contributed by atoms with Crippen LogP contribution in [0.2, 0.25) is 10.0 Å². The summed E-state index contributed by atoms with van der Waals surface area (Å²) in [5, 5.41) is 3.44. The zero-order valence-electron chi connectivity index (χ0n) is 19.7. The van der Waals surface area contributed by atoms with E-state index < -0.39 is 28.5 Å². The van der Waals surface area contributed by atoms with Gasteiger partial charge < -0.3 is 15.0 Å². The number of carbonyl (C=O) groups excluding carboxylic acids is 2. The number of rotatable bonds is 10. The summed E-state index contributed by atoms with van der Waals surface area (Å²) < 4.78 is 31.5. The SMILES string of the molecule is COc1ccccc1N(CC(=O)N(Cc1ccc(Cl)c(Cl)c1)[C@@H](C)C(=O)NC(C)C)S(C)(=O)=O. The summed E-state index contributed by atoms with van der Waals surface area (Å²) in [7, 11) is -2.45. The van der Waals surface area contributed by atoms with Crippen LogP contribution < -0.4 is 14.4 Å². The van der Waals surface area contributed by atoms with Gasteiger partial charge in [-0.1, -0.05) is 41.4 Å². The number of benzene rings is 2. The zero-order chi connectivity index (χ0) is 25.6. The van der Waals surface area contributed by atoms with E-state index >= 15 is 0 Å². The van der Waals surface area contributed by atoms with Crippen LogP contribution >= 0.6 is 23.2 Å². The van der Waals surface area contributed by atoms with E-state index in [9.17, 15) is 18.0 Å². The van der Waals surface area contributed by atoms with E-state index in [1.165, 1.54) is 12.0 Å². The van der Waals surface area contributed by atoms with Crippen molar-refractivity contribution in [2.45, 2.75) is 39.4 Å². The van der Waals surface area contributed by atoms with Crippen molar-refractivity contribution in [2.75, 3.05) is 24.2 Å². The highest BCUT2D eigenvalue weighted by Crippen LogP contribution is 2.30. The highest BCUT2D eigenvalue weighted by atomic mass is 35.5. The van der Waals surface area contributed by atoms with Crippen LogP contribution in [0.1, 0.15) is 26.3 Å². The predicted molar refractivity (Wildman–Crippen MR) is 135 cm³/mol. The molecule has 0 aliphatic rings. The molecule has 0 saturated carbocycles. The van der Waals surface area contributed by atoms with Crippen molar-refractivity contribution in [1.29, 1.82) is 0 Å². The minimum absolute atomic E-state index is 0.0198. The van der Waals surface area contributed by atoms with Crippen LogP contribution in [0.4, 0.5) is 5.69 Å². The van der Waals surface area contributed by atoms with Gasteiger partial charge in [-0.2, -0.15) is 0 Å². The Kier molecular flexibility index (Phi) is 9.61. The number of para-hydroxylation sites is 2. The first-order valence-corrected chi connectivity index (χ1v) is 13.1. The fraction of sp³-hybridized carbons (Fsp3) is 0.391. The van der Waals surface area contributed by atoms with Gasteiger partial charge in [0.1, 0.15) is 18.3 Å². The third-order valence-corrected chi connectivity index (χ3v) is 6.83. The van der Waals surface area contributed by atoms with Crippen molar-refractivity contribution in [2.24, 2.45) is 0 Å². The molecule has 2 rings (SSSR count). The van der Waals surface area contributed by atoms with Gasteiger partial charge in [0.05, 0.1) is 29.1 Å². The maximum Gasteiger partial charge on any atom is 0.244 e. The fourth-order valence-electron chi connectivity index (χ4n) is 3.25. The molecular formula is C23H29Cl2N3O5S. The second-order valence-electron chi connectivity index (χ2n) is 8.05. The largest absolute Gasteiger partial charge is 0.495 e. The van der Waals surface area contributed by atoms with Crippen LogP contribution in [0.3, 0.4) is 0 Å². The maximum atomic E-state index is 13.5. The van der Waals surface area contributed by atoms with Gasteiger partial charge in [0.25, 0.3) is 0 Å². The summed E-state index contributed by atoms with van der Waals surface area (Å²) in [6, 6.07) is 10.4. The summed E-state index contributed by atoms with van der Waals surface area (Å²) in [5.41, 5.74) is 0.852. The molecule has 0 bridgehead atoms. The average Bonchev–Trinajstić information content (AvgIpc) is 2.76. The van der Waals surface area contributed by atoms with Crippen LogP contribution in [0, 0.1) is 0 Å². The van der Waals surface area contributed by atoms with E-state index in [0.717, 1.165) is 10.6 Å². The number of halogens is 2. The van der Waals surface area contributed by atoms with Gasteiger partial charge in [-0.3, -0.25) is 13.9 Å². The number of carbonyl (C=O) groups is 2. The number of nitrogens with zero attached hydrogens (tertiary/aromatic N) is 2. The Morgan fingerprint density at radius 1 is 1.06 bits per heavy atom. The van der Waals surface area contributed by atoms with E-state index in [-0.39, 0.29) is 24.2 Å². The van der Waals surface area contributed by atoms with Gasteiger partial charge in [0, 0.05) is 12.6 Å². The molecule has 11 heteroatoms. The van der Waals surface area contributed by atoms with Crippen LogP contribution in [0.25, 0.3) is 0 Å². The summed E-state index contributed by atoms with van der Waals surface area (Å²) >= 11 is 12.1. The van der Waals surface area contributed by atoms with Crippen molar-refractivity contribution in [3.8, 4) is 5.75 Å². The van der Waals surface area contributed by atoms with Crippen molar-refractivity contribution in [3.05, 3.63) is 58.1 Å². The average molecular weight is 530 g/mol. The predicted octanol–water partition coefficient (Wildman–Crippen LogP) is 3.71. The first-order chi connectivity index (χ1) is 15.8. The maximum absolute atomic E-state index is 13.5. The first kappa shape index (κ1) is 27.8. The Bertz CT molecular complexity index is 1140. The van der Waals surface area contributed by atoms with Crippen molar-refractivity contribution in [3.63, 3.8) is 0 Å². The quantitative estimate of drug-likeness (QED) is 0.506. The van der Waals surface area contributed by atoms with Crippen molar-refractivity contribution >= 4 is 50.7 Å². The van der Waals surface area contributed by atoms with E-state index in [2.05, 4.69) is 5.32 Å². The summed E-state index contributed by atoms with van der Waals surface area (Å²) in [5.74, 6) is -0.650. The molecule has 0 heterocycles. The molecule has 2 amide bonds. The molecule has 34 heavy (non-hydrogen) atoms. The number of hydrogen-bond acceptors (Lipinski definition) is 5. The Balaban J connectivity index is 2.45. The Hall–Kier alpha value is -2.49. The normalized spacial score (nSPS) is 12.2. The number of hydrogen-bond donors (Lipinski definition) is 1. The van der Waals surface area contributed by atoms with Crippen molar-refractivity contribution < 1.29 is 22.7 Å². The van der Waals surface area contributed by atoms with E-state index in [1.54, 1.807) is 49.4 Å². The van der Waals surface area contributed by atoms with Gasteiger partial charge >= 0.3 is 0 Å². The third-order valence-electron chi connectivity index (χ3n) is 4.97. The van der Waals surface area contributed by atoms with Gasteiger partial charge in [0.15, 0.2) is 0 Å². The van der Waals surface area contributed by atoms with Gasteiger partial charge in [-0.05, 0) is 50.6 Å². The molecule has 0 fully saturated rings. The molecule has 1 N–H and O–H groups in total. The van der Waals surface area contributed by atoms with Crippen LogP contribution in [0.5, 0.6) is 5.75 Å². The molecule has 2 aromatic rings. The lowest BCUT2D eigenvalue weighted by Crippen LogP contribution is -2.52. The minimum atomic E-state index is -3.86. The molecule has 0 aromatic heterocycles. The molecule has 8 nitrogen and oxygen atoms in total. The summed E-state index contributed by atoms with van der Waals surface area (Å²) in [4.78, 5) is 27.6. The molecule has 0 spiro atoms. The van der Waals surface area contributed by atoms with Gasteiger partial charge in [-0.15, -0.1) is 0 Å². The monoisotopic (exact) mass is 529 g/mol. The Morgan fingerprint density at radius 3 is 2.26 bits per heavy atom. The zero-order valence-corrected chi connectivity index (χ0v) is 22.0. The molecule has 0 aliphatic carbocycles. The van der Waals surface area contributed by atoms with Gasteiger partial charge in [0.2, 0.25) is 21.8 Å². The molecule has 186 valence electrons.